The number of ether oxygens (including phenoxy) is 1. The van der Waals surface area contributed by atoms with Crippen LogP contribution in [0, 0.1) is 5.92 Å². The lowest BCUT2D eigenvalue weighted by atomic mass is 9.84. The van der Waals surface area contributed by atoms with Crippen LogP contribution >= 0.6 is 0 Å². The molecule has 0 bridgehead atoms. The molecular formula is C16H20N2O2. The number of hydrogen-bond donors (Lipinski definition) is 1. The quantitative estimate of drug-likeness (QED) is 0.854. The Bertz CT molecular complexity index is 557. The molecule has 20 heavy (non-hydrogen) atoms. The summed E-state index contributed by atoms with van der Waals surface area (Å²) < 4.78 is 5.40. The van der Waals surface area contributed by atoms with Crippen molar-refractivity contribution in [1.82, 2.24) is 0 Å². The highest BCUT2D eigenvalue weighted by atomic mass is 16.5. The van der Waals surface area contributed by atoms with Crippen LogP contribution in [0.3, 0.4) is 0 Å². The zero-order valence-corrected chi connectivity index (χ0v) is 11.8. The molecule has 3 unspecified atom stereocenters. The molecule has 2 heterocycles. The Kier molecular flexibility index (Phi) is 2.65. The number of fused-ring (bicyclic) bond motifs is 5. The number of nitrogens with one attached hydrogen (secondary N) is 1. The molecule has 0 spiro atoms. The Morgan fingerprint density at radius 2 is 2.15 bits per heavy atom. The Balaban J connectivity index is 1.82. The van der Waals surface area contributed by atoms with Crippen LogP contribution in [0.2, 0.25) is 0 Å². The molecule has 4 rings (SSSR count). The fourth-order valence-electron chi connectivity index (χ4n) is 4.28. The highest BCUT2D eigenvalue weighted by Crippen LogP contribution is 2.49. The van der Waals surface area contributed by atoms with Gasteiger partial charge in [0.25, 0.3) is 0 Å². The number of nitrogens with zero attached hydrogens (tertiary/aromatic N) is 1. The standard InChI is InChI=1S/C16H20N2O2/c1-20-14-8-4-7-12-15(14)17-16(19)13-9-10-5-2-3-6-11(10)18(12)13/h4,7-8,10-11,13H,2-3,5-6,9H2,1H3,(H,17,19). The fourth-order valence-corrected chi connectivity index (χ4v) is 4.28. The SMILES string of the molecule is COc1cccc2c1NC(=O)C1CC3CCCCC3N21. The van der Waals surface area contributed by atoms with Crippen molar-refractivity contribution in [3.05, 3.63) is 18.2 Å². The molecular weight excluding hydrogens is 252 g/mol. The molecule has 0 aromatic heterocycles. The minimum absolute atomic E-state index is 0.0164. The van der Waals surface area contributed by atoms with E-state index in [0.29, 0.717) is 12.0 Å². The van der Waals surface area contributed by atoms with Crippen LogP contribution in [0.1, 0.15) is 32.1 Å². The van der Waals surface area contributed by atoms with Gasteiger partial charge in [-0.05, 0) is 37.3 Å². The van der Waals surface area contributed by atoms with Gasteiger partial charge in [-0.15, -0.1) is 0 Å². The normalized spacial score (nSPS) is 31.1. The van der Waals surface area contributed by atoms with E-state index in [1.54, 1.807) is 7.11 Å². The monoisotopic (exact) mass is 272 g/mol. The zero-order valence-electron chi connectivity index (χ0n) is 11.8. The van der Waals surface area contributed by atoms with Gasteiger partial charge in [-0.3, -0.25) is 4.79 Å². The van der Waals surface area contributed by atoms with E-state index in [4.69, 9.17) is 4.74 Å². The maximum absolute atomic E-state index is 12.4. The van der Waals surface area contributed by atoms with Crippen molar-refractivity contribution in [2.24, 2.45) is 5.92 Å². The predicted octanol–water partition coefficient (Wildman–Crippen LogP) is 2.78. The van der Waals surface area contributed by atoms with E-state index >= 15 is 0 Å². The third kappa shape index (κ3) is 1.57. The number of benzene rings is 1. The molecule has 4 heteroatoms. The molecule has 1 amide bonds. The second kappa shape index (κ2) is 4.40. The summed E-state index contributed by atoms with van der Waals surface area (Å²) in [6.45, 7) is 0. The molecule has 1 N–H and O–H groups in total. The average molecular weight is 272 g/mol. The van der Waals surface area contributed by atoms with Crippen molar-refractivity contribution in [2.75, 3.05) is 17.3 Å². The van der Waals surface area contributed by atoms with Crippen LogP contribution in [0.5, 0.6) is 5.75 Å². The highest BCUT2D eigenvalue weighted by Gasteiger charge is 2.48. The van der Waals surface area contributed by atoms with Crippen molar-refractivity contribution < 1.29 is 9.53 Å². The van der Waals surface area contributed by atoms with Gasteiger partial charge in [0.15, 0.2) is 0 Å². The number of carbonyl (C=O) groups is 1. The van der Waals surface area contributed by atoms with E-state index < -0.39 is 0 Å². The van der Waals surface area contributed by atoms with Crippen molar-refractivity contribution in [2.45, 2.75) is 44.2 Å². The van der Waals surface area contributed by atoms with Gasteiger partial charge >= 0.3 is 0 Å². The number of hydrogen-bond acceptors (Lipinski definition) is 3. The molecule has 1 aromatic rings. The van der Waals surface area contributed by atoms with Crippen LogP contribution in [-0.2, 0) is 4.79 Å². The third-order valence-corrected chi connectivity index (χ3v) is 5.14. The summed E-state index contributed by atoms with van der Waals surface area (Å²) in [7, 11) is 1.65. The van der Waals surface area contributed by atoms with Crippen molar-refractivity contribution >= 4 is 17.3 Å². The first-order valence-corrected chi connectivity index (χ1v) is 7.56. The number of carbonyl (C=O) groups excluding carboxylic acids is 1. The number of para-hydroxylation sites is 1. The summed E-state index contributed by atoms with van der Waals surface area (Å²) in [6.07, 6.45) is 6.09. The molecule has 0 radical (unpaired) electrons. The Hall–Kier alpha value is -1.71. The van der Waals surface area contributed by atoms with E-state index in [1.807, 2.05) is 12.1 Å². The van der Waals surface area contributed by atoms with Crippen LogP contribution in [-0.4, -0.2) is 25.1 Å². The van der Waals surface area contributed by atoms with Gasteiger partial charge in [0.1, 0.15) is 17.5 Å². The van der Waals surface area contributed by atoms with Gasteiger partial charge < -0.3 is 15.0 Å². The number of rotatable bonds is 1. The van der Waals surface area contributed by atoms with Gasteiger partial charge in [0, 0.05) is 6.04 Å². The predicted molar refractivity (Wildman–Crippen MR) is 78.3 cm³/mol. The molecule has 1 aliphatic carbocycles. The number of anilines is 2. The van der Waals surface area contributed by atoms with E-state index in [-0.39, 0.29) is 11.9 Å². The molecule has 1 saturated carbocycles. The molecule has 2 fully saturated rings. The van der Waals surface area contributed by atoms with Gasteiger partial charge in [-0.25, -0.2) is 0 Å². The molecule has 2 aliphatic heterocycles. The summed E-state index contributed by atoms with van der Waals surface area (Å²) in [4.78, 5) is 14.8. The van der Waals surface area contributed by atoms with Crippen molar-refractivity contribution in [3.8, 4) is 5.75 Å². The van der Waals surface area contributed by atoms with Gasteiger partial charge in [-0.2, -0.15) is 0 Å². The Labute approximate surface area is 119 Å². The van der Waals surface area contributed by atoms with Crippen molar-refractivity contribution in [1.29, 1.82) is 0 Å². The zero-order chi connectivity index (χ0) is 13.7. The Morgan fingerprint density at radius 1 is 1.30 bits per heavy atom. The summed E-state index contributed by atoms with van der Waals surface area (Å²) in [5.74, 6) is 1.57. The lowest BCUT2D eigenvalue weighted by molar-refractivity contribution is -0.117. The summed E-state index contributed by atoms with van der Waals surface area (Å²) in [5, 5.41) is 3.05. The van der Waals surface area contributed by atoms with Gasteiger partial charge in [-0.1, -0.05) is 18.9 Å². The molecule has 3 aliphatic rings. The molecule has 106 valence electrons. The van der Waals surface area contributed by atoms with Crippen LogP contribution in [0.4, 0.5) is 11.4 Å². The minimum atomic E-state index is 0.0164. The Morgan fingerprint density at radius 3 is 3.00 bits per heavy atom. The van der Waals surface area contributed by atoms with E-state index in [2.05, 4.69) is 16.3 Å². The maximum atomic E-state index is 12.4. The first kappa shape index (κ1) is 12.1. The first-order valence-electron chi connectivity index (χ1n) is 7.56. The summed E-state index contributed by atoms with van der Waals surface area (Å²) >= 11 is 0. The molecule has 1 aromatic carbocycles. The van der Waals surface area contributed by atoms with Crippen LogP contribution in [0.25, 0.3) is 0 Å². The second-order valence-electron chi connectivity index (χ2n) is 6.11. The number of amides is 1. The highest BCUT2D eigenvalue weighted by molar-refractivity contribution is 6.05. The van der Waals surface area contributed by atoms with Crippen LogP contribution < -0.4 is 15.0 Å². The summed E-state index contributed by atoms with van der Waals surface area (Å²) in [5.41, 5.74) is 1.99. The third-order valence-electron chi connectivity index (χ3n) is 5.14. The molecule has 1 saturated heterocycles. The van der Waals surface area contributed by atoms with Gasteiger partial charge in [0.05, 0.1) is 12.8 Å². The largest absolute Gasteiger partial charge is 0.494 e. The fraction of sp³-hybridized carbons (Fsp3) is 0.562. The minimum Gasteiger partial charge on any atom is -0.494 e. The lowest BCUT2D eigenvalue weighted by Gasteiger charge is -2.39. The number of methoxy groups -OCH3 is 1. The lowest BCUT2D eigenvalue weighted by Crippen LogP contribution is -2.48. The van der Waals surface area contributed by atoms with Gasteiger partial charge in [0.2, 0.25) is 5.91 Å². The smallest absolute Gasteiger partial charge is 0.247 e. The first-order chi connectivity index (χ1) is 9.79. The topological polar surface area (TPSA) is 41.6 Å². The van der Waals surface area contributed by atoms with E-state index in [0.717, 1.165) is 23.5 Å². The average Bonchev–Trinajstić information content (AvgIpc) is 2.87. The maximum Gasteiger partial charge on any atom is 0.247 e. The van der Waals surface area contributed by atoms with Crippen LogP contribution in [0.15, 0.2) is 18.2 Å². The van der Waals surface area contributed by atoms with Crippen molar-refractivity contribution in [3.63, 3.8) is 0 Å². The second-order valence-corrected chi connectivity index (χ2v) is 6.11. The molecule has 4 nitrogen and oxygen atoms in total. The van der Waals surface area contributed by atoms with E-state index in [9.17, 15) is 4.79 Å². The summed E-state index contributed by atoms with van der Waals surface area (Å²) in [6, 6.07) is 6.59. The van der Waals surface area contributed by atoms with E-state index in [1.165, 1.54) is 25.7 Å². The molecule has 3 atom stereocenters.